The maximum atomic E-state index is 12.9. The van der Waals surface area contributed by atoms with E-state index in [2.05, 4.69) is 0 Å². The molecule has 3 rings (SSSR count). The third kappa shape index (κ3) is 4.62. The summed E-state index contributed by atoms with van der Waals surface area (Å²) in [7, 11) is 0. The summed E-state index contributed by atoms with van der Waals surface area (Å²) < 4.78 is 5.23. The molecule has 9 nitrogen and oxygen atoms in total. The molecule has 0 aromatic heterocycles. The van der Waals surface area contributed by atoms with E-state index in [1.54, 1.807) is 30.3 Å². The van der Waals surface area contributed by atoms with Crippen molar-refractivity contribution in [1.29, 1.82) is 0 Å². The average Bonchev–Trinajstić information content (AvgIpc) is 3.01. The summed E-state index contributed by atoms with van der Waals surface area (Å²) in [6, 6.07) is 11.4. The van der Waals surface area contributed by atoms with E-state index >= 15 is 0 Å². The molecule has 0 bridgehead atoms. The minimum absolute atomic E-state index is 0.00259. The summed E-state index contributed by atoms with van der Waals surface area (Å²) in [5.74, 6) is -2.07. The molecular weight excluding hydrogens is 404 g/mol. The first kappa shape index (κ1) is 22.1. The molecule has 31 heavy (non-hydrogen) atoms. The van der Waals surface area contributed by atoms with E-state index in [1.807, 2.05) is 6.92 Å². The lowest BCUT2D eigenvalue weighted by atomic mass is 9.95. The molecule has 9 heteroatoms. The van der Waals surface area contributed by atoms with Gasteiger partial charge in [0.2, 0.25) is 0 Å². The maximum Gasteiger partial charge on any atom is 0.295 e. The Hall–Kier alpha value is -3.56. The second kappa shape index (κ2) is 9.50. The number of carbonyl (C=O) groups excluding carboxylic acids is 2. The van der Waals surface area contributed by atoms with Gasteiger partial charge in [-0.3, -0.25) is 19.7 Å². The number of likely N-dealkylation sites (tertiary alicyclic amines) is 1. The number of non-ortho nitro benzene ring substituents is 1. The van der Waals surface area contributed by atoms with Crippen molar-refractivity contribution in [1.82, 2.24) is 4.90 Å². The highest BCUT2D eigenvalue weighted by atomic mass is 16.6. The number of hydrogen-bond donors (Lipinski definition) is 2. The van der Waals surface area contributed by atoms with Gasteiger partial charge >= 0.3 is 0 Å². The number of rotatable bonds is 8. The maximum absolute atomic E-state index is 12.9. The molecule has 0 radical (unpaired) electrons. The summed E-state index contributed by atoms with van der Waals surface area (Å²) in [5.41, 5.74) is 1.29. The molecule has 1 heterocycles. The van der Waals surface area contributed by atoms with E-state index in [4.69, 9.17) is 9.84 Å². The summed E-state index contributed by atoms with van der Waals surface area (Å²) in [4.78, 5) is 37.5. The number of carbonyl (C=O) groups is 2. The van der Waals surface area contributed by atoms with Crippen LogP contribution in [-0.2, 0) is 14.3 Å². The summed E-state index contributed by atoms with van der Waals surface area (Å²) >= 11 is 0. The van der Waals surface area contributed by atoms with Crippen LogP contribution in [0.3, 0.4) is 0 Å². The lowest BCUT2D eigenvalue weighted by Crippen LogP contribution is -2.33. The van der Waals surface area contributed by atoms with Crippen molar-refractivity contribution in [3.05, 3.63) is 80.9 Å². The molecule has 1 saturated heterocycles. The third-order valence-corrected chi connectivity index (χ3v) is 4.97. The number of benzene rings is 2. The van der Waals surface area contributed by atoms with Crippen LogP contribution >= 0.6 is 0 Å². The van der Waals surface area contributed by atoms with Gasteiger partial charge in [-0.15, -0.1) is 0 Å². The van der Waals surface area contributed by atoms with Crippen LogP contribution in [0.25, 0.3) is 5.76 Å². The number of hydrogen-bond acceptors (Lipinski definition) is 7. The second-order valence-electron chi connectivity index (χ2n) is 7.05. The number of ketones is 1. The van der Waals surface area contributed by atoms with E-state index in [-0.39, 0.29) is 43.4 Å². The third-order valence-electron chi connectivity index (χ3n) is 4.97. The van der Waals surface area contributed by atoms with E-state index in [0.29, 0.717) is 11.1 Å². The fourth-order valence-corrected chi connectivity index (χ4v) is 3.46. The fraction of sp³-hybridized carbons (Fsp3) is 0.273. The minimum Gasteiger partial charge on any atom is -0.507 e. The van der Waals surface area contributed by atoms with Crippen LogP contribution in [0, 0.1) is 17.0 Å². The van der Waals surface area contributed by atoms with E-state index in [9.17, 15) is 24.8 Å². The number of nitro groups is 1. The van der Waals surface area contributed by atoms with Crippen molar-refractivity contribution in [3.8, 4) is 0 Å². The highest BCUT2D eigenvalue weighted by Gasteiger charge is 2.46. The highest BCUT2D eigenvalue weighted by molar-refractivity contribution is 6.46. The fourth-order valence-electron chi connectivity index (χ4n) is 3.46. The van der Waals surface area contributed by atoms with E-state index in [1.165, 1.54) is 23.1 Å². The predicted molar refractivity (Wildman–Crippen MR) is 111 cm³/mol. The lowest BCUT2D eigenvalue weighted by Gasteiger charge is -2.25. The Balaban J connectivity index is 2.10. The highest BCUT2D eigenvalue weighted by Crippen LogP contribution is 2.40. The van der Waals surface area contributed by atoms with Gasteiger partial charge in [0.15, 0.2) is 0 Å². The van der Waals surface area contributed by atoms with Crippen molar-refractivity contribution in [2.45, 2.75) is 13.0 Å². The average molecular weight is 426 g/mol. The van der Waals surface area contributed by atoms with Crippen molar-refractivity contribution in [2.75, 3.05) is 26.4 Å². The number of nitrogens with zero attached hydrogens (tertiary/aromatic N) is 2. The zero-order valence-corrected chi connectivity index (χ0v) is 16.9. The van der Waals surface area contributed by atoms with Crippen LogP contribution in [0.1, 0.15) is 22.7 Å². The Bertz CT molecular complexity index is 1030. The minimum atomic E-state index is -1.01. The van der Waals surface area contributed by atoms with Crippen molar-refractivity contribution in [2.24, 2.45) is 0 Å². The summed E-state index contributed by atoms with van der Waals surface area (Å²) in [5, 5.41) is 31.0. The van der Waals surface area contributed by atoms with Crippen LogP contribution in [0.15, 0.2) is 54.1 Å². The van der Waals surface area contributed by atoms with Crippen LogP contribution in [-0.4, -0.2) is 58.1 Å². The second-order valence-corrected chi connectivity index (χ2v) is 7.05. The molecule has 1 unspecified atom stereocenters. The molecule has 1 atom stereocenters. The summed E-state index contributed by atoms with van der Waals surface area (Å²) in [6.07, 6.45) is 0. The molecule has 0 aliphatic carbocycles. The molecule has 2 aromatic carbocycles. The first-order valence-electron chi connectivity index (χ1n) is 9.63. The Morgan fingerprint density at radius 2 is 1.87 bits per heavy atom. The Morgan fingerprint density at radius 3 is 2.52 bits per heavy atom. The molecule has 162 valence electrons. The van der Waals surface area contributed by atoms with Gasteiger partial charge in [-0.25, -0.2) is 0 Å². The van der Waals surface area contributed by atoms with Crippen molar-refractivity contribution >= 4 is 23.1 Å². The van der Waals surface area contributed by atoms with Gasteiger partial charge in [-0.1, -0.05) is 42.0 Å². The smallest absolute Gasteiger partial charge is 0.295 e. The first-order chi connectivity index (χ1) is 14.8. The van der Waals surface area contributed by atoms with Gasteiger partial charge in [0.05, 0.1) is 36.4 Å². The van der Waals surface area contributed by atoms with Gasteiger partial charge in [0.25, 0.3) is 17.4 Å². The van der Waals surface area contributed by atoms with Gasteiger partial charge in [-0.2, -0.15) is 0 Å². The number of aliphatic hydroxyl groups excluding tert-OH is 2. The van der Waals surface area contributed by atoms with Gasteiger partial charge < -0.3 is 19.8 Å². The standard InChI is InChI=1S/C22H22N2O7/c1-14-5-7-15(8-6-14)20(26)18-19(16-3-2-4-17(13-16)24(29)30)23(22(28)21(18)27)9-11-31-12-10-25/h2-8,13,19,25-26H,9-12H2,1H3/b20-18+. The first-order valence-corrected chi connectivity index (χ1v) is 9.63. The lowest BCUT2D eigenvalue weighted by molar-refractivity contribution is -0.384. The number of ether oxygens (including phenoxy) is 1. The zero-order valence-electron chi connectivity index (χ0n) is 16.9. The van der Waals surface area contributed by atoms with Crippen molar-refractivity contribution in [3.63, 3.8) is 0 Å². The van der Waals surface area contributed by atoms with Crippen LogP contribution < -0.4 is 0 Å². The van der Waals surface area contributed by atoms with Gasteiger partial charge in [-0.05, 0) is 12.5 Å². The van der Waals surface area contributed by atoms with Gasteiger partial charge in [0.1, 0.15) is 5.76 Å². The Kier molecular flexibility index (Phi) is 6.78. The predicted octanol–water partition coefficient (Wildman–Crippen LogP) is 2.33. The molecule has 2 aromatic rings. The molecule has 1 aliphatic rings. The SMILES string of the molecule is Cc1ccc(/C(O)=C2\C(=O)C(=O)N(CCOCCO)C2c2cccc([N+](=O)[O-])c2)cc1. The molecule has 1 aliphatic heterocycles. The van der Waals surface area contributed by atoms with E-state index in [0.717, 1.165) is 5.56 Å². The number of aliphatic hydroxyl groups is 2. The number of amides is 1. The molecule has 1 fully saturated rings. The molecule has 1 amide bonds. The van der Waals surface area contributed by atoms with E-state index < -0.39 is 22.7 Å². The van der Waals surface area contributed by atoms with Crippen LogP contribution in [0.4, 0.5) is 5.69 Å². The van der Waals surface area contributed by atoms with Gasteiger partial charge in [0, 0.05) is 24.2 Å². The normalized spacial score (nSPS) is 17.9. The number of nitro benzene ring substituents is 1. The van der Waals surface area contributed by atoms with Crippen LogP contribution in [0.2, 0.25) is 0 Å². The number of Topliss-reactive ketones (excluding diaryl/α,β-unsaturated/α-hetero) is 1. The molecule has 0 spiro atoms. The monoisotopic (exact) mass is 426 g/mol. The summed E-state index contributed by atoms with van der Waals surface area (Å²) in [6.45, 7) is 1.79. The number of aryl methyl sites for hydroxylation is 1. The largest absolute Gasteiger partial charge is 0.507 e. The zero-order chi connectivity index (χ0) is 22.5. The topological polar surface area (TPSA) is 130 Å². The quantitative estimate of drug-likeness (QED) is 0.165. The molecule has 0 saturated carbocycles. The molecular formula is C22H22N2O7. The Labute approximate surface area is 178 Å². The Morgan fingerprint density at radius 1 is 1.16 bits per heavy atom. The molecule has 2 N–H and O–H groups in total. The van der Waals surface area contributed by atoms with Crippen molar-refractivity contribution < 1.29 is 29.5 Å². The van der Waals surface area contributed by atoms with Crippen LogP contribution in [0.5, 0.6) is 0 Å².